The maximum atomic E-state index is 4.31. The van der Waals surface area contributed by atoms with Gasteiger partial charge in [-0.15, -0.1) is 0 Å². The average Bonchev–Trinajstić information content (AvgIpc) is 2.64. The minimum absolute atomic E-state index is 0.814. The van der Waals surface area contributed by atoms with Crippen molar-refractivity contribution in [1.82, 2.24) is 15.1 Å². The number of aromatic nitrogens is 2. The Morgan fingerprint density at radius 3 is 2.81 bits per heavy atom. The van der Waals surface area contributed by atoms with Gasteiger partial charge in [0.1, 0.15) is 0 Å². The third-order valence-corrected chi connectivity index (χ3v) is 2.49. The number of hydrogen-bond donors (Lipinski definition) is 1. The monoisotopic (exact) mass is 215 g/mol. The lowest BCUT2D eigenvalue weighted by Crippen LogP contribution is -2.13. The molecule has 0 aliphatic carbocycles. The van der Waals surface area contributed by atoms with Gasteiger partial charge in [-0.1, -0.05) is 29.8 Å². The SMILES string of the molecule is Cc1cccc(CNCc2ccn(C)n2)c1. The van der Waals surface area contributed by atoms with Crippen LogP contribution in [-0.4, -0.2) is 9.78 Å². The summed E-state index contributed by atoms with van der Waals surface area (Å²) >= 11 is 0. The molecule has 84 valence electrons. The van der Waals surface area contributed by atoms with Crippen molar-refractivity contribution in [3.05, 3.63) is 53.3 Å². The fraction of sp³-hybridized carbons (Fsp3) is 0.308. The minimum atomic E-state index is 0.814. The highest BCUT2D eigenvalue weighted by molar-refractivity contribution is 5.22. The van der Waals surface area contributed by atoms with E-state index < -0.39 is 0 Å². The van der Waals surface area contributed by atoms with E-state index >= 15 is 0 Å². The van der Waals surface area contributed by atoms with Crippen LogP contribution in [-0.2, 0) is 20.1 Å². The number of rotatable bonds is 4. The van der Waals surface area contributed by atoms with E-state index in [2.05, 4.69) is 41.6 Å². The van der Waals surface area contributed by atoms with Crippen molar-refractivity contribution in [2.45, 2.75) is 20.0 Å². The number of nitrogens with one attached hydrogen (secondary N) is 1. The van der Waals surface area contributed by atoms with E-state index in [0.29, 0.717) is 0 Å². The second kappa shape index (κ2) is 4.94. The van der Waals surface area contributed by atoms with Crippen LogP contribution in [0.5, 0.6) is 0 Å². The molecule has 0 spiro atoms. The highest BCUT2D eigenvalue weighted by Crippen LogP contribution is 2.03. The minimum Gasteiger partial charge on any atom is -0.307 e. The molecule has 1 N–H and O–H groups in total. The van der Waals surface area contributed by atoms with E-state index in [0.717, 1.165) is 18.8 Å². The van der Waals surface area contributed by atoms with Crippen molar-refractivity contribution in [3.63, 3.8) is 0 Å². The second-order valence-corrected chi connectivity index (χ2v) is 4.07. The van der Waals surface area contributed by atoms with Crippen LogP contribution in [0.15, 0.2) is 36.5 Å². The molecule has 2 rings (SSSR count). The van der Waals surface area contributed by atoms with Gasteiger partial charge < -0.3 is 5.32 Å². The van der Waals surface area contributed by atoms with Crippen LogP contribution in [0.1, 0.15) is 16.8 Å². The van der Waals surface area contributed by atoms with Crippen molar-refractivity contribution >= 4 is 0 Å². The summed E-state index contributed by atoms with van der Waals surface area (Å²) in [6.07, 6.45) is 1.96. The summed E-state index contributed by atoms with van der Waals surface area (Å²) in [5.41, 5.74) is 3.70. The molecule has 0 atom stereocenters. The first kappa shape index (κ1) is 10.9. The summed E-state index contributed by atoms with van der Waals surface area (Å²) in [5.74, 6) is 0. The molecule has 1 heterocycles. The lowest BCUT2D eigenvalue weighted by molar-refractivity contribution is 0.656. The second-order valence-electron chi connectivity index (χ2n) is 4.07. The van der Waals surface area contributed by atoms with Crippen LogP contribution >= 0.6 is 0 Å². The zero-order valence-electron chi connectivity index (χ0n) is 9.77. The highest BCUT2D eigenvalue weighted by Gasteiger charge is 1.97. The van der Waals surface area contributed by atoms with Crippen LogP contribution in [0.2, 0.25) is 0 Å². The van der Waals surface area contributed by atoms with E-state index in [1.165, 1.54) is 11.1 Å². The van der Waals surface area contributed by atoms with E-state index in [1.807, 2.05) is 24.0 Å². The zero-order valence-corrected chi connectivity index (χ0v) is 9.77. The molecule has 2 aromatic rings. The van der Waals surface area contributed by atoms with Crippen molar-refractivity contribution in [2.24, 2.45) is 7.05 Å². The summed E-state index contributed by atoms with van der Waals surface area (Å²) in [6.45, 7) is 3.81. The van der Waals surface area contributed by atoms with E-state index in [1.54, 1.807) is 0 Å². The van der Waals surface area contributed by atoms with Crippen LogP contribution in [0.3, 0.4) is 0 Å². The van der Waals surface area contributed by atoms with Gasteiger partial charge in [0.2, 0.25) is 0 Å². The number of aryl methyl sites for hydroxylation is 2. The van der Waals surface area contributed by atoms with Crippen molar-refractivity contribution in [2.75, 3.05) is 0 Å². The molecule has 0 saturated heterocycles. The highest BCUT2D eigenvalue weighted by atomic mass is 15.3. The number of hydrogen-bond acceptors (Lipinski definition) is 2. The fourth-order valence-electron chi connectivity index (χ4n) is 1.71. The predicted octanol–water partition coefficient (Wildman–Crippen LogP) is 2.02. The van der Waals surface area contributed by atoms with Gasteiger partial charge in [0.25, 0.3) is 0 Å². The van der Waals surface area contributed by atoms with Gasteiger partial charge in [-0.3, -0.25) is 4.68 Å². The maximum Gasteiger partial charge on any atom is 0.0762 e. The Labute approximate surface area is 96.1 Å². The average molecular weight is 215 g/mol. The summed E-state index contributed by atoms with van der Waals surface area (Å²) in [7, 11) is 1.93. The molecule has 0 aliphatic heterocycles. The molecule has 0 aliphatic rings. The first-order chi connectivity index (χ1) is 7.74. The third kappa shape index (κ3) is 2.94. The standard InChI is InChI=1S/C13H17N3/c1-11-4-3-5-12(8-11)9-14-10-13-6-7-16(2)15-13/h3-8,14H,9-10H2,1-2H3. The molecule has 0 radical (unpaired) electrons. The van der Waals surface area contributed by atoms with Gasteiger partial charge in [0.15, 0.2) is 0 Å². The summed E-state index contributed by atoms with van der Waals surface area (Å²) < 4.78 is 1.82. The molecule has 1 aromatic carbocycles. The lowest BCUT2D eigenvalue weighted by atomic mass is 10.1. The molecule has 3 nitrogen and oxygen atoms in total. The largest absolute Gasteiger partial charge is 0.307 e. The molecule has 0 fully saturated rings. The number of benzene rings is 1. The third-order valence-electron chi connectivity index (χ3n) is 2.49. The number of nitrogens with zero attached hydrogens (tertiary/aromatic N) is 2. The Kier molecular flexibility index (Phi) is 3.37. The van der Waals surface area contributed by atoms with E-state index in [4.69, 9.17) is 0 Å². The Morgan fingerprint density at radius 2 is 2.12 bits per heavy atom. The fourth-order valence-corrected chi connectivity index (χ4v) is 1.71. The van der Waals surface area contributed by atoms with Gasteiger partial charge in [0, 0.05) is 26.3 Å². The lowest BCUT2D eigenvalue weighted by Gasteiger charge is -2.03. The topological polar surface area (TPSA) is 29.9 Å². The zero-order chi connectivity index (χ0) is 11.4. The summed E-state index contributed by atoms with van der Waals surface area (Å²) in [5, 5.41) is 7.70. The first-order valence-corrected chi connectivity index (χ1v) is 5.49. The molecule has 0 unspecified atom stereocenters. The van der Waals surface area contributed by atoms with Crippen LogP contribution in [0, 0.1) is 6.92 Å². The van der Waals surface area contributed by atoms with Crippen LogP contribution in [0.25, 0.3) is 0 Å². The van der Waals surface area contributed by atoms with Crippen LogP contribution in [0.4, 0.5) is 0 Å². The van der Waals surface area contributed by atoms with Crippen molar-refractivity contribution in [3.8, 4) is 0 Å². The molecule has 0 saturated carbocycles. The van der Waals surface area contributed by atoms with Gasteiger partial charge in [-0.25, -0.2) is 0 Å². The van der Waals surface area contributed by atoms with Gasteiger partial charge >= 0.3 is 0 Å². The van der Waals surface area contributed by atoms with E-state index in [-0.39, 0.29) is 0 Å². The smallest absolute Gasteiger partial charge is 0.0762 e. The molecule has 1 aromatic heterocycles. The molecule has 0 bridgehead atoms. The van der Waals surface area contributed by atoms with Crippen molar-refractivity contribution < 1.29 is 0 Å². The van der Waals surface area contributed by atoms with Crippen LogP contribution < -0.4 is 5.32 Å². The van der Waals surface area contributed by atoms with Crippen molar-refractivity contribution in [1.29, 1.82) is 0 Å². The quantitative estimate of drug-likeness (QED) is 0.845. The molecular weight excluding hydrogens is 198 g/mol. The molecule has 3 heteroatoms. The van der Waals surface area contributed by atoms with E-state index in [9.17, 15) is 0 Å². The summed E-state index contributed by atoms with van der Waals surface area (Å²) in [4.78, 5) is 0. The maximum absolute atomic E-state index is 4.31. The molecule has 0 amide bonds. The predicted molar refractivity (Wildman–Crippen MR) is 64.9 cm³/mol. The van der Waals surface area contributed by atoms with Gasteiger partial charge in [0.05, 0.1) is 5.69 Å². The first-order valence-electron chi connectivity index (χ1n) is 5.49. The Balaban J connectivity index is 1.84. The Bertz CT molecular complexity index is 460. The normalized spacial score (nSPS) is 10.6. The molecular formula is C13H17N3. The molecule has 16 heavy (non-hydrogen) atoms. The Hall–Kier alpha value is -1.61. The van der Waals surface area contributed by atoms with Gasteiger partial charge in [-0.05, 0) is 18.6 Å². The summed E-state index contributed by atoms with van der Waals surface area (Å²) in [6, 6.07) is 10.6. The Morgan fingerprint density at radius 1 is 1.25 bits per heavy atom. The van der Waals surface area contributed by atoms with Gasteiger partial charge in [-0.2, -0.15) is 5.10 Å².